The molecule has 4 amide bonds. The second kappa shape index (κ2) is 6.50. The van der Waals surface area contributed by atoms with Gasteiger partial charge in [0.25, 0.3) is 5.91 Å². The Morgan fingerprint density at radius 2 is 2.08 bits per heavy atom. The van der Waals surface area contributed by atoms with Crippen molar-refractivity contribution in [3.63, 3.8) is 0 Å². The summed E-state index contributed by atoms with van der Waals surface area (Å²) in [6, 6.07) is 7.92. The van der Waals surface area contributed by atoms with E-state index in [1.165, 1.54) is 16.0 Å². The number of carbonyl (C=O) groups excluding carboxylic acids is 3. The van der Waals surface area contributed by atoms with Gasteiger partial charge in [0.05, 0.1) is 0 Å². The van der Waals surface area contributed by atoms with E-state index in [9.17, 15) is 14.4 Å². The molecule has 25 heavy (non-hydrogen) atoms. The third kappa shape index (κ3) is 3.38. The Morgan fingerprint density at radius 3 is 2.72 bits per heavy atom. The molecular weight excluding hydrogens is 318 g/mol. The van der Waals surface area contributed by atoms with Crippen LogP contribution in [0.5, 0.6) is 0 Å². The third-order valence-corrected chi connectivity index (χ3v) is 5.28. The predicted octanol–water partition coefficient (Wildman–Crippen LogP) is 2.03. The summed E-state index contributed by atoms with van der Waals surface area (Å²) >= 11 is 0. The highest BCUT2D eigenvalue weighted by Gasteiger charge is 2.46. The highest BCUT2D eigenvalue weighted by Crippen LogP contribution is 2.28. The molecule has 134 valence electrons. The number of likely N-dealkylation sites (tertiary alicyclic amines) is 1. The Morgan fingerprint density at radius 1 is 1.32 bits per heavy atom. The molecule has 1 aromatic carbocycles. The van der Waals surface area contributed by atoms with Crippen LogP contribution in [-0.2, 0) is 9.59 Å². The number of nitrogens with zero attached hydrogens (tertiary/aromatic N) is 2. The lowest BCUT2D eigenvalue weighted by molar-refractivity contribution is -0.134. The molecule has 0 radical (unpaired) electrons. The zero-order valence-electron chi connectivity index (χ0n) is 15.0. The molecular formula is C19H25N3O3. The Bertz CT molecular complexity index is 714. The number of carbonyl (C=O) groups is 3. The van der Waals surface area contributed by atoms with Gasteiger partial charge >= 0.3 is 6.03 Å². The van der Waals surface area contributed by atoms with Crippen LogP contribution in [0.3, 0.4) is 0 Å². The van der Waals surface area contributed by atoms with Gasteiger partial charge in [0.1, 0.15) is 12.1 Å². The minimum Gasteiger partial charge on any atom is -0.341 e. The van der Waals surface area contributed by atoms with Crippen LogP contribution in [0.4, 0.5) is 4.79 Å². The first-order chi connectivity index (χ1) is 11.8. The van der Waals surface area contributed by atoms with Gasteiger partial charge in [0.15, 0.2) is 0 Å². The predicted molar refractivity (Wildman–Crippen MR) is 94.1 cm³/mol. The fourth-order valence-electron chi connectivity index (χ4n) is 3.60. The molecule has 1 atom stereocenters. The Hall–Kier alpha value is -2.37. The van der Waals surface area contributed by atoms with Gasteiger partial charge in [-0.1, -0.05) is 29.8 Å². The molecule has 0 spiro atoms. The first-order valence-corrected chi connectivity index (χ1v) is 8.76. The van der Waals surface area contributed by atoms with E-state index in [2.05, 4.69) is 30.4 Å². The summed E-state index contributed by atoms with van der Waals surface area (Å²) in [6.07, 6.45) is 2.00. The van der Waals surface area contributed by atoms with Crippen LogP contribution < -0.4 is 5.32 Å². The molecule has 1 N–H and O–H groups in total. The van der Waals surface area contributed by atoms with Crippen molar-refractivity contribution in [1.82, 2.24) is 15.1 Å². The average molecular weight is 343 g/mol. The highest BCUT2D eigenvalue weighted by molar-refractivity contribution is 6.07. The molecule has 1 aromatic rings. The summed E-state index contributed by atoms with van der Waals surface area (Å²) < 4.78 is 0. The van der Waals surface area contributed by atoms with Crippen LogP contribution in [0.15, 0.2) is 24.3 Å². The molecule has 3 rings (SSSR count). The SMILES string of the molecule is Cc1cccc(C2CCCN(C(=O)CN3C(=O)NC(=O)C3(C)C)C2)c1. The van der Waals surface area contributed by atoms with Crippen molar-refractivity contribution in [3.8, 4) is 0 Å². The molecule has 2 aliphatic heterocycles. The number of hydrogen-bond donors (Lipinski definition) is 1. The van der Waals surface area contributed by atoms with Crippen molar-refractivity contribution < 1.29 is 14.4 Å². The molecule has 2 saturated heterocycles. The fraction of sp³-hybridized carbons (Fsp3) is 0.526. The van der Waals surface area contributed by atoms with E-state index in [0.29, 0.717) is 19.0 Å². The first-order valence-electron chi connectivity index (χ1n) is 8.76. The monoisotopic (exact) mass is 343 g/mol. The summed E-state index contributed by atoms with van der Waals surface area (Å²) in [6.45, 7) is 6.68. The minimum absolute atomic E-state index is 0.0644. The lowest BCUT2D eigenvalue weighted by Gasteiger charge is -2.35. The van der Waals surface area contributed by atoms with Crippen molar-refractivity contribution in [2.75, 3.05) is 19.6 Å². The second-order valence-electron chi connectivity index (χ2n) is 7.50. The lowest BCUT2D eigenvalue weighted by Crippen LogP contribution is -2.51. The Labute approximate surface area is 148 Å². The Kier molecular flexibility index (Phi) is 4.54. The first kappa shape index (κ1) is 17.5. The van der Waals surface area contributed by atoms with E-state index in [1.807, 2.05) is 11.0 Å². The van der Waals surface area contributed by atoms with Gasteiger partial charge in [0, 0.05) is 19.0 Å². The van der Waals surface area contributed by atoms with E-state index >= 15 is 0 Å². The number of imide groups is 1. The smallest absolute Gasteiger partial charge is 0.325 e. The van der Waals surface area contributed by atoms with E-state index in [-0.39, 0.29) is 18.4 Å². The van der Waals surface area contributed by atoms with Gasteiger partial charge in [-0.3, -0.25) is 14.9 Å². The van der Waals surface area contributed by atoms with Crippen molar-refractivity contribution in [1.29, 1.82) is 0 Å². The average Bonchev–Trinajstić information content (AvgIpc) is 2.77. The molecule has 6 heteroatoms. The minimum atomic E-state index is -0.988. The zero-order chi connectivity index (χ0) is 18.2. The quantitative estimate of drug-likeness (QED) is 0.854. The van der Waals surface area contributed by atoms with Crippen molar-refractivity contribution in [3.05, 3.63) is 35.4 Å². The number of urea groups is 1. The number of hydrogen-bond acceptors (Lipinski definition) is 3. The summed E-state index contributed by atoms with van der Waals surface area (Å²) in [5, 5.41) is 2.28. The van der Waals surface area contributed by atoms with Crippen molar-refractivity contribution >= 4 is 17.8 Å². The van der Waals surface area contributed by atoms with Crippen molar-refractivity contribution in [2.24, 2.45) is 0 Å². The number of piperidine rings is 1. The summed E-state index contributed by atoms with van der Waals surface area (Å²) in [7, 11) is 0. The van der Waals surface area contributed by atoms with E-state index in [4.69, 9.17) is 0 Å². The van der Waals surface area contributed by atoms with Gasteiger partial charge < -0.3 is 9.80 Å². The van der Waals surface area contributed by atoms with Crippen LogP contribution in [0, 0.1) is 6.92 Å². The highest BCUT2D eigenvalue weighted by atomic mass is 16.2. The topological polar surface area (TPSA) is 69.7 Å². The summed E-state index contributed by atoms with van der Waals surface area (Å²) in [5.74, 6) is -0.142. The fourth-order valence-corrected chi connectivity index (χ4v) is 3.60. The normalized spacial score (nSPS) is 22.9. The summed E-state index contributed by atoms with van der Waals surface area (Å²) in [5.41, 5.74) is 1.49. The molecule has 2 fully saturated rings. The number of aryl methyl sites for hydroxylation is 1. The van der Waals surface area contributed by atoms with E-state index in [1.54, 1.807) is 13.8 Å². The van der Waals surface area contributed by atoms with Gasteiger partial charge in [-0.2, -0.15) is 0 Å². The van der Waals surface area contributed by atoms with Gasteiger partial charge in [-0.25, -0.2) is 4.79 Å². The van der Waals surface area contributed by atoms with Crippen molar-refractivity contribution in [2.45, 2.75) is 45.1 Å². The van der Waals surface area contributed by atoms with E-state index in [0.717, 1.165) is 12.8 Å². The maximum absolute atomic E-state index is 12.7. The van der Waals surface area contributed by atoms with E-state index < -0.39 is 11.6 Å². The Balaban J connectivity index is 1.68. The number of rotatable bonds is 3. The van der Waals surface area contributed by atoms with Crippen LogP contribution >= 0.6 is 0 Å². The molecule has 0 aromatic heterocycles. The van der Waals surface area contributed by atoms with Crippen LogP contribution in [0.25, 0.3) is 0 Å². The van der Waals surface area contributed by atoms with Crippen LogP contribution in [0.2, 0.25) is 0 Å². The maximum atomic E-state index is 12.7. The summed E-state index contributed by atoms with van der Waals surface area (Å²) in [4.78, 5) is 39.7. The lowest BCUT2D eigenvalue weighted by atomic mass is 9.90. The second-order valence-corrected chi connectivity index (χ2v) is 7.50. The van der Waals surface area contributed by atoms with Gasteiger partial charge in [-0.05, 0) is 39.2 Å². The standard InChI is InChI=1S/C19H25N3O3/c1-13-6-4-7-14(10-13)15-8-5-9-21(11-15)16(23)12-22-18(25)20-17(24)19(22,2)3/h4,6-7,10,15H,5,8-9,11-12H2,1-3H3,(H,20,24,25). The molecule has 0 saturated carbocycles. The largest absolute Gasteiger partial charge is 0.341 e. The molecule has 0 bridgehead atoms. The molecule has 6 nitrogen and oxygen atoms in total. The zero-order valence-corrected chi connectivity index (χ0v) is 15.0. The van der Waals surface area contributed by atoms with Gasteiger partial charge in [-0.15, -0.1) is 0 Å². The third-order valence-electron chi connectivity index (χ3n) is 5.28. The molecule has 2 heterocycles. The number of nitrogens with one attached hydrogen (secondary N) is 1. The van der Waals surface area contributed by atoms with Crippen LogP contribution in [-0.4, -0.2) is 52.8 Å². The maximum Gasteiger partial charge on any atom is 0.325 e. The number of amides is 4. The molecule has 2 aliphatic rings. The molecule has 0 aliphatic carbocycles. The van der Waals surface area contributed by atoms with Crippen LogP contribution in [0.1, 0.15) is 43.7 Å². The van der Waals surface area contributed by atoms with Gasteiger partial charge in [0.2, 0.25) is 5.91 Å². The number of benzene rings is 1. The molecule has 1 unspecified atom stereocenters.